The van der Waals surface area contributed by atoms with Gasteiger partial charge in [-0.25, -0.2) is 0 Å². The largest absolute Gasteiger partial charge is 0.469 e. The Balaban J connectivity index is 4.43. The van der Waals surface area contributed by atoms with E-state index in [9.17, 15) is 9.90 Å². The number of aliphatic hydroxyl groups is 1. The molecular formula is C8H14O3. The first-order valence-corrected chi connectivity index (χ1v) is 3.35. The summed E-state index contributed by atoms with van der Waals surface area (Å²) in [4.78, 5) is 11.0. The number of hydrogen-bond acceptors (Lipinski definition) is 3. The third-order valence-electron chi connectivity index (χ3n) is 1.67. The Kier molecular flexibility index (Phi) is 3.26. The second-order valence-electron chi connectivity index (χ2n) is 2.89. The van der Waals surface area contributed by atoms with Crippen LogP contribution in [0.3, 0.4) is 0 Å². The summed E-state index contributed by atoms with van der Waals surface area (Å²) in [7, 11) is 1.29. The number of ether oxygens (including phenoxy) is 1. The van der Waals surface area contributed by atoms with Crippen molar-refractivity contribution in [3.63, 3.8) is 0 Å². The molecule has 0 amide bonds. The van der Waals surface area contributed by atoms with Crippen molar-refractivity contribution >= 4 is 5.97 Å². The minimum Gasteiger partial charge on any atom is -0.469 e. The van der Waals surface area contributed by atoms with Crippen LogP contribution in [0, 0.1) is 5.41 Å². The number of rotatable bonds is 3. The molecule has 3 nitrogen and oxygen atoms in total. The van der Waals surface area contributed by atoms with E-state index in [1.807, 2.05) is 0 Å². The first-order chi connectivity index (χ1) is 4.96. The summed E-state index contributed by atoms with van der Waals surface area (Å²) >= 11 is 0. The molecule has 3 heteroatoms. The monoisotopic (exact) mass is 158 g/mol. The average Bonchev–Trinajstić information content (AvgIpc) is 2.01. The van der Waals surface area contributed by atoms with Crippen molar-refractivity contribution < 1.29 is 14.6 Å². The van der Waals surface area contributed by atoms with Gasteiger partial charge in [0.15, 0.2) is 0 Å². The number of aliphatic hydroxyl groups excluding tert-OH is 1. The first kappa shape index (κ1) is 10.2. The normalized spacial score (nSPS) is 13.8. The quantitative estimate of drug-likeness (QED) is 0.486. The lowest BCUT2D eigenvalue weighted by Crippen LogP contribution is -2.36. The van der Waals surface area contributed by atoms with E-state index in [0.717, 1.165) is 0 Å². The van der Waals surface area contributed by atoms with Gasteiger partial charge in [0, 0.05) is 0 Å². The Morgan fingerprint density at radius 3 is 2.45 bits per heavy atom. The Labute approximate surface area is 66.7 Å². The fourth-order valence-electron chi connectivity index (χ4n) is 0.678. The van der Waals surface area contributed by atoms with Crippen molar-refractivity contribution in [1.82, 2.24) is 0 Å². The zero-order chi connectivity index (χ0) is 9.07. The van der Waals surface area contributed by atoms with Gasteiger partial charge in [-0.15, -0.1) is 6.58 Å². The van der Waals surface area contributed by atoms with Crippen molar-refractivity contribution in [3.05, 3.63) is 12.7 Å². The number of esters is 1. The number of carbonyl (C=O) groups excluding carboxylic acids is 1. The van der Waals surface area contributed by atoms with Gasteiger partial charge in [0.25, 0.3) is 0 Å². The van der Waals surface area contributed by atoms with Crippen LogP contribution in [0.2, 0.25) is 0 Å². The smallest absolute Gasteiger partial charge is 0.314 e. The molecule has 1 N–H and O–H groups in total. The van der Waals surface area contributed by atoms with Gasteiger partial charge in [-0.3, -0.25) is 4.79 Å². The van der Waals surface area contributed by atoms with Crippen LogP contribution in [-0.4, -0.2) is 24.3 Å². The SMILES string of the molecule is C=C[C@@H](O)C(C)(C)C(=O)OC. The Bertz CT molecular complexity index is 161. The van der Waals surface area contributed by atoms with Crippen molar-refractivity contribution in [2.75, 3.05) is 7.11 Å². The maximum atomic E-state index is 11.0. The third-order valence-corrected chi connectivity index (χ3v) is 1.67. The van der Waals surface area contributed by atoms with Crippen LogP contribution in [0.1, 0.15) is 13.8 Å². The first-order valence-electron chi connectivity index (χ1n) is 3.35. The zero-order valence-corrected chi connectivity index (χ0v) is 7.13. The van der Waals surface area contributed by atoms with Gasteiger partial charge < -0.3 is 9.84 Å². The van der Waals surface area contributed by atoms with E-state index >= 15 is 0 Å². The predicted octanol–water partition coefficient (Wildman–Crippen LogP) is 0.732. The van der Waals surface area contributed by atoms with E-state index in [1.165, 1.54) is 13.2 Å². The van der Waals surface area contributed by atoms with Crippen molar-refractivity contribution in [2.45, 2.75) is 20.0 Å². The van der Waals surface area contributed by atoms with Crippen LogP contribution >= 0.6 is 0 Å². The number of hydrogen-bond donors (Lipinski definition) is 1. The van der Waals surface area contributed by atoms with E-state index in [0.29, 0.717) is 0 Å². The lowest BCUT2D eigenvalue weighted by Gasteiger charge is -2.24. The maximum absolute atomic E-state index is 11.0. The van der Waals surface area contributed by atoms with Crippen molar-refractivity contribution in [1.29, 1.82) is 0 Å². The summed E-state index contributed by atoms with van der Waals surface area (Å²) in [5.74, 6) is -0.440. The fourth-order valence-corrected chi connectivity index (χ4v) is 0.678. The topological polar surface area (TPSA) is 46.5 Å². The molecule has 0 aromatic rings. The molecule has 0 aliphatic rings. The molecule has 0 aromatic heterocycles. The molecule has 0 aliphatic heterocycles. The molecule has 0 unspecified atom stereocenters. The minimum absolute atomic E-state index is 0.440. The highest BCUT2D eigenvalue weighted by molar-refractivity contribution is 5.76. The summed E-state index contributed by atoms with van der Waals surface area (Å²) in [5.41, 5.74) is -0.906. The summed E-state index contributed by atoms with van der Waals surface area (Å²) in [6.45, 7) is 6.59. The van der Waals surface area contributed by atoms with Crippen LogP contribution in [-0.2, 0) is 9.53 Å². The van der Waals surface area contributed by atoms with Crippen molar-refractivity contribution in [3.8, 4) is 0 Å². The highest BCUT2D eigenvalue weighted by Crippen LogP contribution is 2.22. The Morgan fingerprint density at radius 1 is 1.73 bits per heavy atom. The molecule has 0 heterocycles. The summed E-state index contributed by atoms with van der Waals surface area (Å²) < 4.78 is 4.49. The summed E-state index contributed by atoms with van der Waals surface area (Å²) in [5, 5.41) is 9.27. The molecule has 0 spiro atoms. The standard InChI is InChI=1S/C8H14O3/c1-5-6(9)8(2,3)7(10)11-4/h5-6,9H,1H2,2-4H3/t6-/m1/s1. The molecule has 0 saturated heterocycles. The molecular weight excluding hydrogens is 144 g/mol. The van der Waals surface area contributed by atoms with Gasteiger partial charge in [0.1, 0.15) is 0 Å². The van der Waals surface area contributed by atoms with E-state index in [2.05, 4.69) is 11.3 Å². The zero-order valence-electron chi connectivity index (χ0n) is 7.13. The minimum atomic E-state index is -0.906. The Hall–Kier alpha value is -0.830. The van der Waals surface area contributed by atoms with E-state index in [1.54, 1.807) is 13.8 Å². The van der Waals surface area contributed by atoms with Gasteiger partial charge >= 0.3 is 5.97 Å². The van der Waals surface area contributed by atoms with Gasteiger partial charge in [0.2, 0.25) is 0 Å². The molecule has 0 fully saturated rings. The maximum Gasteiger partial charge on any atom is 0.314 e. The molecule has 1 atom stereocenters. The van der Waals surface area contributed by atoms with Gasteiger partial charge in [-0.05, 0) is 13.8 Å². The van der Waals surface area contributed by atoms with E-state index < -0.39 is 17.5 Å². The number of methoxy groups -OCH3 is 1. The van der Waals surface area contributed by atoms with Crippen LogP contribution in [0.25, 0.3) is 0 Å². The van der Waals surface area contributed by atoms with Crippen molar-refractivity contribution in [2.24, 2.45) is 5.41 Å². The molecule has 11 heavy (non-hydrogen) atoms. The molecule has 64 valence electrons. The lowest BCUT2D eigenvalue weighted by atomic mass is 9.87. The van der Waals surface area contributed by atoms with Crippen LogP contribution in [0.15, 0.2) is 12.7 Å². The molecule has 0 radical (unpaired) electrons. The predicted molar refractivity (Wildman–Crippen MR) is 42.0 cm³/mol. The summed E-state index contributed by atoms with van der Waals surface area (Å²) in [6.07, 6.45) is 0.451. The van der Waals surface area contributed by atoms with E-state index in [4.69, 9.17) is 0 Å². The van der Waals surface area contributed by atoms with E-state index in [-0.39, 0.29) is 0 Å². The van der Waals surface area contributed by atoms with Crippen LogP contribution in [0.5, 0.6) is 0 Å². The number of carbonyl (C=O) groups is 1. The second-order valence-corrected chi connectivity index (χ2v) is 2.89. The highest BCUT2D eigenvalue weighted by atomic mass is 16.5. The molecule has 0 aromatic carbocycles. The van der Waals surface area contributed by atoms with Gasteiger partial charge in [-0.2, -0.15) is 0 Å². The molecule has 0 aliphatic carbocycles. The Morgan fingerprint density at radius 2 is 2.18 bits per heavy atom. The lowest BCUT2D eigenvalue weighted by molar-refractivity contribution is -0.155. The summed E-state index contributed by atoms with van der Waals surface area (Å²) in [6, 6.07) is 0. The van der Waals surface area contributed by atoms with Crippen LogP contribution in [0.4, 0.5) is 0 Å². The third kappa shape index (κ3) is 2.05. The fraction of sp³-hybridized carbons (Fsp3) is 0.625. The molecule has 0 bridgehead atoms. The second kappa shape index (κ2) is 3.53. The highest BCUT2D eigenvalue weighted by Gasteiger charge is 2.34. The average molecular weight is 158 g/mol. The van der Waals surface area contributed by atoms with Gasteiger partial charge in [0.05, 0.1) is 18.6 Å². The van der Waals surface area contributed by atoms with Gasteiger partial charge in [-0.1, -0.05) is 6.08 Å². The molecule has 0 saturated carbocycles. The molecule has 0 rings (SSSR count). The van der Waals surface area contributed by atoms with Crippen LogP contribution < -0.4 is 0 Å².